The van der Waals surface area contributed by atoms with Crippen molar-refractivity contribution >= 4 is 5.69 Å². The molecule has 0 atom stereocenters. The molecule has 1 saturated carbocycles. The highest BCUT2D eigenvalue weighted by atomic mass is 15.2. The first kappa shape index (κ1) is 14.0. The lowest BCUT2D eigenvalue weighted by atomic mass is 9.82. The van der Waals surface area contributed by atoms with Gasteiger partial charge in [0.1, 0.15) is 0 Å². The molecule has 1 aromatic carbocycles. The van der Waals surface area contributed by atoms with Crippen molar-refractivity contribution in [3.05, 3.63) is 29.8 Å². The van der Waals surface area contributed by atoms with Crippen LogP contribution in [0.5, 0.6) is 0 Å². The smallest absolute Gasteiger partial charge is 0.0408 e. The first-order valence-electron chi connectivity index (χ1n) is 8.64. The molecule has 1 aliphatic carbocycles. The Bertz CT molecular complexity index is 467. The molecule has 0 amide bonds. The summed E-state index contributed by atoms with van der Waals surface area (Å²) in [5, 5.41) is 0. The summed E-state index contributed by atoms with van der Waals surface area (Å²) in [7, 11) is 0. The topological polar surface area (TPSA) is 3.24 Å². The van der Waals surface area contributed by atoms with Gasteiger partial charge in [-0.05, 0) is 65.0 Å². The van der Waals surface area contributed by atoms with Crippen molar-refractivity contribution in [3.63, 3.8) is 0 Å². The maximum atomic E-state index is 9.01. The lowest BCUT2D eigenvalue weighted by Crippen LogP contribution is -2.46. The standard InChI is InChI=1S/C19H31N/c1-15(2)20(19(3,4)5)18-14-10-9-13-17(18)16-11-7-6-8-12-16/h9-10,13-16H,6-8,11-12H2,1-5H3/i16D. The van der Waals surface area contributed by atoms with Crippen molar-refractivity contribution in [3.8, 4) is 0 Å². The Morgan fingerprint density at radius 1 is 1.10 bits per heavy atom. The van der Waals surface area contributed by atoms with Crippen LogP contribution in [0.4, 0.5) is 5.69 Å². The highest BCUT2D eigenvalue weighted by molar-refractivity contribution is 5.57. The molecule has 0 saturated heterocycles. The van der Waals surface area contributed by atoms with Crippen molar-refractivity contribution < 1.29 is 1.37 Å². The molecule has 20 heavy (non-hydrogen) atoms. The van der Waals surface area contributed by atoms with Gasteiger partial charge in [0.2, 0.25) is 0 Å². The molecule has 1 fully saturated rings. The van der Waals surface area contributed by atoms with E-state index in [1.165, 1.54) is 30.5 Å². The fourth-order valence-corrected chi connectivity index (χ4v) is 3.64. The average molecular weight is 274 g/mol. The molecule has 1 aromatic rings. The Balaban J connectivity index is 2.49. The third-order valence-electron chi connectivity index (χ3n) is 4.24. The van der Waals surface area contributed by atoms with Crippen molar-refractivity contribution in [1.82, 2.24) is 0 Å². The molecular formula is C19H31N. The summed E-state index contributed by atoms with van der Waals surface area (Å²) in [6.45, 7) is 11.3. The molecule has 1 nitrogen and oxygen atoms in total. The zero-order valence-electron chi connectivity index (χ0n) is 14.9. The van der Waals surface area contributed by atoms with Crippen LogP contribution >= 0.6 is 0 Å². The van der Waals surface area contributed by atoms with Crippen LogP contribution < -0.4 is 4.90 Å². The van der Waals surface area contributed by atoms with Gasteiger partial charge in [0.15, 0.2) is 0 Å². The second-order valence-electron chi connectivity index (χ2n) is 7.32. The Morgan fingerprint density at radius 2 is 1.70 bits per heavy atom. The number of rotatable bonds is 3. The molecule has 0 unspecified atom stereocenters. The maximum Gasteiger partial charge on any atom is 0.0408 e. The molecular weight excluding hydrogens is 242 g/mol. The van der Waals surface area contributed by atoms with E-state index >= 15 is 0 Å². The highest BCUT2D eigenvalue weighted by Gasteiger charge is 2.28. The van der Waals surface area contributed by atoms with E-state index in [1.54, 1.807) is 0 Å². The Labute approximate surface area is 126 Å². The average Bonchev–Trinajstić information content (AvgIpc) is 2.38. The van der Waals surface area contributed by atoms with Crippen LogP contribution in [0.15, 0.2) is 24.3 Å². The Kier molecular flexibility index (Phi) is 4.33. The van der Waals surface area contributed by atoms with Gasteiger partial charge in [0.25, 0.3) is 0 Å². The predicted octanol–water partition coefficient (Wildman–Crippen LogP) is 5.75. The van der Waals surface area contributed by atoms with Gasteiger partial charge in [0.05, 0.1) is 0 Å². The van der Waals surface area contributed by atoms with Crippen LogP contribution in [-0.2, 0) is 0 Å². The predicted molar refractivity (Wildman–Crippen MR) is 89.6 cm³/mol. The van der Waals surface area contributed by atoms with E-state index in [4.69, 9.17) is 1.37 Å². The van der Waals surface area contributed by atoms with E-state index in [9.17, 15) is 0 Å². The SMILES string of the molecule is [2H]C1(c2ccccc2N(C(C)C)C(C)(C)C)CCCCC1. The van der Waals surface area contributed by atoms with Crippen molar-refractivity contribution in [2.45, 2.75) is 84.2 Å². The van der Waals surface area contributed by atoms with Crippen molar-refractivity contribution in [1.29, 1.82) is 0 Å². The van der Waals surface area contributed by atoms with Gasteiger partial charge in [-0.1, -0.05) is 37.5 Å². The van der Waals surface area contributed by atoms with Crippen molar-refractivity contribution in [2.75, 3.05) is 4.90 Å². The summed E-state index contributed by atoms with van der Waals surface area (Å²) in [5.41, 5.74) is 2.56. The number of para-hydroxylation sites is 1. The van der Waals surface area contributed by atoms with E-state index in [0.29, 0.717) is 6.04 Å². The third-order valence-corrected chi connectivity index (χ3v) is 4.24. The zero-order chi connectivity index (χ0) is 15.7. The quantitative estimate of drug-likeness (QED) is 0.678. The second-order valence-corrected chi connectivity index (χ2v) is 7.32. The highest BCUT2D eigenvalue weighted by Crippen LogP contribution is 2.40. The lowest BCUT2D eigenvalue weighted by Gasteiger charge is -2.43. The summed E-state index contributed by atoms with van der Waals surface area (Å²) in [5.74, 6) is -0.396. The summed E-state index contributed by atoms with van der Waals surface area (Å²) in [6, 6.07) is 9.05. The largest absolute Gasteiger partial charge is 0.364 e. The van der Waals surface area contributed by atoms with Crippen molar-refractivity contribution in [2.24, 2.45) is 0 Å². The van der Waals surface area contributed by atoms with Crippen LogP contribution in [0.1, 0.15) is 79.6 Å². The molecule has 0 aliphatic heterocycles. The molecule has 2 rings (SSSR count). The maximum absolute atomic E-state index is 9.01. The fourth-order valence-electron chi connectivity index (χ4n) is 3.64. The van der Waals surface area contributed by atoms with Crippen LogP contribution in [0.2, 0.25) is 0 Å². The lowest BCUT2D eigenvalue weighted by molar-refractivity contribution is 0.432. The van der Waals surface area contributed by atoms with Gasteiger partial charge in [-0.15, -0.1) is 0 Å². The van der Waals surface area contributed by atoms with Gasteiger partial charge >= 0.3 is 0 Å². The van der Waals surface area contributed by atoms with Gasteiger partial charge in [-0.2, -0.15) is 0 Å². The number of benzene rings is 1. The minimum atomic E-state index is -0.396. The second kappa shape index (κ2) is 6.20. The van der Waals surface area contributed by atoms with Crippen LogP contribution in [0.25, 0.3) is 0 Å². The molecule has 0 N–H and O–H groups in total. The van der Waals surface area contributed by atoms with Crippen LogP contribution in [-0.4, -0.2) is 11.6 Å². The molecule has 112 valence electrons. The monoisotopic (exact) mass is 274 g/mol. The minimum absolute atomic E-state index is 0.0648. The summed E-state index contributed by atoms with van der Waals surface area (Å²) >= 11 is 0. The van der Waals surface area contributed by atoms with Gasteiger partial charge in [0, 0.05) is 18.6 Å². The van der Waals surface area contributed by atoms with E-state index in [0.717, 1.165) is 12.8 Å². The first-order chi connectivity index (χ1) is 9.76. The normalized spacial score (nSPS) is 19.8. The van der Waals surface area contributed by atoms with Crippen LogP contribution in [0.3, 0.4) is 0 Å². The van der Waals surface area contributed by atoms with E-state index in [2.05, 4.69) is 63.8 Å². The number of nitrogens with zero attached hydrogens (tertiary/aromatic N) is 1. The fraction of sp³-hybridized carbons (Fsp3) is 0.684. The minimum Gasteiger partial charge on any atom is -0.364 e. The zero-order valence-corrected chi connectivity index (χ0v) is 13.9. The molecule has 0 aromatic heterocycles. The Morgan fingerprint density at radius 3 is 2.25 bits per heavy atom. The van der Waals surface area contributed by atoms with Gasteiger partial charge < -0.3 is 4.90 Å². The van der Waals surface area contributed by atoms with E-state index < -0.39 is 5.89 Å². The number of hydrogen-bond acceptors (Lipinski definition) is 1. The molecule has 1 heteroatoms. The summed E-state index contributed by atoms with van der Waals surface area (Å²) in [4.78, 5) is 2.48. The van der Waals surface area contributed by atoms with Crippen LogP contribution in [0, 0.1) is 0 Å². The summed E-state index contributed by atoms with van der Waals surface area (Å²) < 4.78 is 9.01. The van der Waals surface area contributed by atoms with Gasteiger partial charge in [-0.3, -0.25) is 0 Å². The number of hydrogen-bond donors (Lipinski definition) is 0. The van der Waals surface area contributed by atoms with E-state index in [1.807, 2.05) is 0 Å². The Hall–Kier alpha value is -0.980. The molecule has 1 aliphatic rings. The van der Waals surface area contributed by atoms with E-state index in [-0.39, 0.29) is 5.54 Å². The first-order valence-corrected chi connectivity index (χ1v) is 8.14. The molecule has 0 spiro atoms. The molecule has 0 radical (unpaired) electrons. The molecule has 0 heterocycles. The van der Waals surface area contributed by atoms with Gasteiger partial charge in [-0.25, -0.2) is 0 Å². The molecule has 0 bridgehead atoms. The third kappa shape index (κ3) is 3.37. The summed E-state index contributed by atoms with van der Waals surface area (Å²) in [6.07, 6.45) is 5.67. The number of anilines is 1.